The molecule has 1 heterocycles. The molecule has 0 unspecified atom stereocenters. The topological polar surface area (TPSA) is 3.88 Å². The van der Waals surface area contributed by atoms with E-state index < -0.39 is 8.07 Å². The number of aromatic nitrogens is 1. The van der Waals surface area contributed by atoms with Crippen molar-refractivity contribution in [1.29, 1.82) is 0 Å². The Morgan fingerprint density at radius 3 is 1.77 bits per heavy atom. The number of hydrogen-bond acceptors (Lipinski definition) is 0. The SMILES string of the molecule is Cc1cc(-c2c(C)cccc2C)ccc1-c1c2ccc([Si](C)(c3ccccc3)c3ccccc3)cc2cc[n+]1C. The van der Waals surface area contributed by atoms with E-state index in [2.05, 4.69) is 166 Å². The van der Waals surface area contributed by atoms with Crippen LogP contribution in [0.25, 0.3) is 33.2 Å². The average molecular weight is 535 g/mol. The Bertz CT molecular complexity index is 1780. The Hall–Kier alpha value is -4.27. The molecule has 196 valence electrons. The highest BCUT2D eigenvalue weighted by Crippen LogP contribution is 2.33. The molecule has 0 atom stereocenters. The van der Waals surface area contributed by atoms with Crippen LogP contribution in [0.1, 0.15) is 16.7 Å². The number of rotatable bonds is 5. The van der Waals surface area contributed by atoms with E-state index in [0.29, 0.717) is 0 Å². The fourth-order valence-electron chi connectivity index (χ4n) is 6.42. The maximum Gasteiger partial charge on any atom is 0.220 e. The first-order valence-corrected chi connectivity index (χ1v) is 16.6. The zero-order valence-corrected chi connectivity index (χ0v) is 25.1. The molecular formula is C38H36NSi+. The van der Waals surface area contributed by atoms with Gasteiger partial charge in [-0.1, -0.05) is 110 Å². The molecule has 0 spiro atoms. The second-order valence-electron chi connectivity index (χ2n) is 11.2. The molecule has 0 saturated carbocycles. The van der Waals surface area contributed by atoms with Crippen molar-refractivity contribution in [1.82, 2.24) is 0 Å². The van der Waals surface area contributed by atoms with Crippen molar-refractivity contribution in [3.8, 4) is 22.4 Å². The monoisotopic (exact) mass is 534 g/mol. The fraction of sp³-hybridized carbons (Fsp3) is 0.132. The van der Waals surface area contributed by atoms with Crippen molar-refractivity contribution < 1.29 is 4.57 Å². The first-order valence-electron chi connectivity index (χ1n) is 14.1. The largest absolute Gasteiger partial charge is 0.220 e. The van der Waals surface area contributed by atoms with Crippen molar-refractivity contribution in [2.24, 2.45) is 7.05 Å². The minimum absolute atomic E-state index is 1.26. The van der Waals surface area contributed by atoms with Crippen molar-refractivity contribution in [3.63, 3.8) is 0 Å². The zero-order valence-electron chi connectivity index (χ0n) is 24.1. The summed E-state index contributed by atoms with van der Waals surface area (Å²) in [6.45, 7) is 9.14. The molecule has 0 bridgehead atoms. The smallest absolute Gasteiger partial charge is 0.200 e. The number of fused-ring (bicyclic) bond motifs is 1. The lowest BCUT2D eigenvalue weighted by Gasteiger charge is -2.29. The van der Waals surface area contributed by atoms with E-state index in [1.54, 1.807) is 0 Å². The molecule has 6 aromatic rings. The molecule has 5 aromatic carbocycles. The minimum atomic E-state index is -2.18. The summed E-state index contributed by atoms with van der Waals surface area (Å²) in [5.74, 6) is 0. The van der Waals surface area contributed by atoms with Gasteiger partial charge in [0.1, 0.15) is 15.1 Å². The van der Waals surface area contributed by atoms with Crippen LogP contribution in [0.5, 0.6) is 0 Å². The van der Waals surface area contributed by atoms with Crippen LogP contribution in [0.3, 0.4) is 0 Å². The Kier molecular flexibility index (Phi) is 6.73. The second-order valence-corrected chi connectivity index (χ2v) is 15.2. The summed E-state index contributed by atoms with van der Waals surface area (Å²) in [5.41, 5.74) is 9.10. The molecule has 0 fully saturated rings. The van der Waals surface area contributed by atoms with Crippen LogP contribution in [-0.2, 0) is 7.05 Å². The minimum Gasteiger partial charge on any atom is -0.200 e. The van der Waals surface area contributed by atoms with Gasteiger partial charge in [0, 0.05) is 11.6 Å². The van der Waals surface area contributed by atoms with E-state index >= 15 is 0 Å². The van der Waals surface area contributed by atoms with Crippen LogP contribution in [-0.4, -0.2) is 8.07 Å². The van der Waals surface area contributed by atoms with Crippen molar-refractivity contribution in [3.05, 3.63) is 144 Å². The predicted octanol–water partition coefficient (Wildman–Crippen LogP) is 7.02. The molecule has 40 heavy (non-hydrogen) atoms. The normalized spacial score (nSPS) is 11.6. The molecule has 0 radical (unpaired) electrons. The Labute approximate surface area is 239 Å². The highest BCUT2D eigenvalue weighted by molar-refractivity contribution is 7.10. The highest BCUT2D eigenvalue weighted by Gasteiger charge is 2.34. The third-order valence-corrected chi connectivity index (χ3v) is 13.1. The Balaban J connectivity index is 1.51. The van der Waals surface area contributed by atoms with Crippen molar-refractivity contribution >= 4 is 34.4 Å². The first kappa shape index (κ1) is 26.0. The van der Waals surface area contributed by atoms with Gasteiger partial charge in [0.2, 0.25) is 5.69 Å². The van der Waals surface area contributed by atoms with Gasteiger partial charge in [-0.25, -0.2) is 4.57 Å². The van der Waals surface area contributed by atoms with E-state index in [0.717, 1.165) is 0 Å². The van der Waals surface area contributed by atoms with Crippen LogP contribution < -0.4 is 20.1 Å². The quantitative estimate of drug-likeness (QED) is 0.127. The molecule has 0 aliphatic heterocycles. The summed E-state index contributed by atoms with van der Waals surface area (Å²) < 4.78 is 2.27. The Morgan fingerprint density at radius 1 is 0.550 bits per heavy atom. The molecule has 1 aromatic heterocycles. The van der Waals surface area contributed by atoms with Gasteiger partial charge in [-0.2, -0.15) is 0 Å². The van der Waals surface area contributed by atoms with E-state index in [1.807, 2.05) is 0 Å². The number of hydrogen-bond donors (Lipinski definition) is 0. The molecule has 6 rings (SSSR count). The predicted molar refractivity (Wildman–Crippen MR) is 174 cm³/mol. The van der Waals surface area contributed by atoms with Gasteiger partial charge in [0.05, 0.1) is 5.39 Å². The number of aryl methyl sites for hydroxylation is 4. The maximum absolute atomic E-state index is 2.49. The van der Waals surface area contributed by atoms with Gasteiger partial charge in [-0.15, -0.1) is 0 Å². The van der Waals surface area contributed by atoms with E-state index in [-0.39, 0.29) is 0 Å². The number of pyridine rings is 1. The van der Waals surface area contributed by atoms with Gasteiger partial charge >= 0.3 is 0 Å². The zero-order chi connectivity index (χ0) is 27.9. The van der Waals surface area contributed by atoms with Crippen LogP contribution in [0.4, 0.5) is 0 Å². The van der Waals surface area contributed by atoms with Crippen molar-refractivity contribution in [2.45, 2.75) is 27.3 Å². The molecular weight excluding hydrogens is 499 g/mol. The molecule has 1 nitrogen and oxygen atoms in total. The summed E-state index contributed by atoms with van der Waals surface area (Å²) in [7, 11) is -0.0177. The van der Waals surface area contributed by atoms with Gasteiger partial charge in [0.15, 0.2) is 6.20 Å². The number of nitrogens with zero attached hydrogens (tertiary/aromatic N) is 1. The van der Waals surface area contributed by atoms with Gasteiger partial charge in [0.25, 0.3) is 0 Å². The molecule has 0 aliphatic carbocycles. The van der Waals surface area contributed by atoms with Crippen molar-refractivity contribution in [2.75, 3.05) is 0 Å². The summed E-state index contributed by atoms with van der Waals surface area (Å²) in [4.78, 5) is 0. The summed E-state index contributed by atoms with van der Waals surface area (Å²) in [5, 5.41) is 6.86. The molecule has 0 saturated heterocycles. The fourth-order valence-corrected chi connectivity index (χ4v) is 10.00. The lowest BCUT2D eigenvalue weighted by Crippen LogP contribution is -2.64. The third-order valence-electron chi connectivity index (χ3n) is 8.67. The lowest BCUT2D eigenvalue weighted by molar-refractivity contribution is -0.659. The lowest BCUT2D eigenvalue weighted by atomic mass is 9.92. The molecule has 0 N–H and O–H groups in total. The molecule has 0 aliphatic rings. The third kappa shape index (κ3) is 4.39. The Morgan fingerprint density at radius 2 is 1.18 bits per heavy atom. The standard InChI is InChI=1S/C38H36NSi/c1-27-13-12-14-28(2)37(27)31-19-21-35(29(3)25-31)38-36-22-20-34(26-30(36)23-24-39(38)4)40(5,32-15-8-6-9-16-32)33-17-10-7-11-18-33/h6-26H,1-5H3/q+1. The summed E-state index contributed by atoms with van der Waals surface area (Å²) >= 11 is 0. The summed E-state index contributed by atoms with van der Waals surface area (Å²) in [6.07, 6.45) is 2.21. The van der Waals surface area contributed by atoms with E-state index in [9.17, 15) is 0 Å². The van der Waals surface area contributed by atoms with Crippen LogP contribution in [0.2, 0.25) is 6.55 Å². The number of benzene rings is 5. The van der Waals surface area contributed by atoms with Gasteiger partial charge < -0.3 is 0 Å². The second kappa shape index (κ2) is 10.4. The van der Waals surface area contributed by atoms with Crippen LogP contribution in [0, 0.1) is 20.8 Å². The first-order chi connectivity index (χ1) is 19.4. The molecule has 2 heteroatoms. The van der Waals surface area contributed by atoms with Gasteiger partial charge in [-0.05, 0) is 81.7 Å². The average Bonchev–Trinajstić information content (AvgIpc) is 2.98. The highest BCUT2D eigenvalue weighted by atomic mass is 28.3. The van der Waals surface area contributed by atoms with Crippen LogP contribution >= 0.6 is 0 Å². The van der Waals surface area contributed by atoms with Gasteiger partial charge in [-0.3, -0.25) is 0 Å². The van der Waals surface area contributed by atoms with E-state index in [4.69, 9.17) is 0 Å². The maximum atomic E-state index is 2.49. The summed E-state index contributed by atoms with van der Waals surface area (Å²) in [6, 6.07) is 45.1. The van der Waals surface area contributed by atoms with Crippen LogP contribution in [0.15, 0.2) is 128 Å². The van der Waals surface area contributed by atoms with E-state index in [1.165, 1.54) is 65.4 Å². The molecule has 0 amide bonds.